The Morgan fingerprint density at radius 3 is 2.38 bits per heavy atom. The van der Waals surface area contributed by atoms with Crippen molar-refractivity contribution in [1.29, 1.82) is 0 Å². The van der Waals surface area contributed by atoms with E-state index in [0.29, 0.717) is 5.75 Å². The molecule has 2 unspecified atom stereocenters. The summed E-state index contributed by atoms with van der Waals surface area (Å²) >= 11 is 0.986. The molecule has 3 aromatic rings. The minimum Gasteiger partial charge on any atom is -0.497 e. The summed E-state index contributed by atoms with van der Waals surface area (Å²) in [5.74, 6) is -0.541. The van der Waals surface area contributed by atoms with Gasteiger partial charge < -0.3 is 55.6 Å². The molecule has 10 N–H and O–H groups in total. The van der Waals surface area contributed by atoms with Crippen LogP contribution in [0.3, 0.4) is 0 Å². The Morgan fingerprint density at radius 2 is 1.72 bits per heavy atom. The van der Waals surface area contributed by atoms with Gasteiger partial charge in [-0.15, -0.1) is 0 Å². The van der Waals surface area contributed by atoms with Crippen LogP contribution in [-0.2, 0) is 50.7 Å². The SMILES string of the molecule is COc1ccc(C=CC(=O)SCCNC(=O)CCNC(=O)[C@H](O)C(C)(C)COP(=O)(O)OP(=O)(O)OC[C@H]2O[C@@H](n3cnc4c(N)ncnc43)[C@H](O)[C@@H]2OP(=O)(O)O)cc1. The van der Waals surface area contributed by atoms with E-state index in [-0.39, 0.29) is 47.4 Å². The van der Waals surface area contributed by atoms with Crippen molar-refractivity contribution >= 4 is 75.2 Å². The smallest absolute Gasteiger partial charge is 0.481 e. The Morgan fingerprint density at radius 1 is 1.03 bits per heavy atom. The molecule has 60 heavy (non-hydrogen) atoms. The first-order valence-corrected chi connectivity index (χ1v) is 22.9. The molecular weight excluding hydrogens is 883 g/mol. The molecule has 25 nitrogen and oxygen atoms in total. The number of hydrogen-bond acceptors (Lipinski definition) is 19. The number of carbonyl (C=O) groups is 3. The monoisotopic (exact) mass is 927 g/mol. The molecule has 0 spiro atoms. The lowest BCUT2D eigenvalue weighted by molar-refractivity contribution is -0.137. The summed E-state index contributed by atoms with van der Waals surface area (Å²) < 4.78 is 67.3. The largest absolute Gasteiger partial charge is 0.497 e. The number of amides is 2. The highest BCUT2D eigenvalue weighted by molar-refractivity contribution is 8.14. The Bertz CT molecular complexity index is 2160. The Labute approximate surface area is 345 Å². The number of aromatic nitrogens is 4. The lowest BCUT2D eigenvalue weighted by Gasteiger charge is -2.30. The molecule has 7 atom stereocenters. The van der Waals surface area contributed by atoms with Crippen LogP contribution in [0.4, 0.5) is 5.82 Å². The number of phosphoric ester groups is 3. The molecule has 2 amide bonds. The van der Waals surface area contributed by atoms with Crippen molar-refractivity contribution in [2.75, 3.05) is 44.9 Å². The van der Waals surface area contributed by atoms with E-state index in [1.807, 2.05) is 0 Å². The molecule has 1 saturated heterocycles. The van der Waals surface area contributed by atoms with Crippen molar-refractivity contribution in [2.45, 2.75) is 50.9 Å². The fraction of sp³-hybridized carbons (Fsp3) is 0.484. The Hall–Kier alpha value is -3.68. The lowest BCUT2D eigenvalue weighted by Crippen LogP contribution is -2.46. The topological polar surface area (TPSA) is 373 Å². The first-order valence-electron chi connectivity index (χ1n) is 17.4. The number of rotatable bonds is 22. The van der Waals surface area contributed by atoms with Gasteiger partial charge in [-0.25, -0.2) is 28.6 Å². The molecule has 0 radical (unpaired) electrons. The number of anilines is 1. The normalized spacial score (nSPS) is 21.0. The number of imidazole rings is 1. The molecule has 0 saturated carbocycles. The van der Waals surface area contributed by atoms with E-state index in [9.17, 15) is 57.9 Å². The van der Waals surface area contributed by atoms with Gasteiger partial charge in [-0.3, -0.25) is 32.5 Å². The highest BCUT2D eigenvalue weighted by atomic mass is 32.2. The van der Waals surface area contributed by atoms with Gasteiger partial charge in [0.05, 0.1) is 26.7 Å². The number of benzene rings is 1. The highest BCUT2D eigenvalue weighted by Crippen LogP contribution is 2.61. The number of ether oxygens (including phenoxy) is 2. The Kier molecular flexibility index (Phi) is 17.1. The third-order valence-corrected chi connectivity index (χ3v) is 12.2. The third kappa shape index (κ3) is 14.5. The number of methoxy groups -OCH3 is 1. The second-order valence-electron chi connectivity index (χ2n) is 13.3. The van der Waals surface area contributed by atoms with E-state index in [4.69, 9.17) is 24.3 Å². The fourth-order valence-electron chi connectivity index (χ4n) is 5.21. The zero-order chi connectivity index (χ0) is 44.5. The number of hydrogen-bond donors (Lipinski definition) is 9. The van der Waals surface area contributed by atoms with Gasteiger partial charge in [-0.2, -0.15) is 4.31 Å². The van der Waals surface area contributed by atoms with E-state index in [1.54, 1.807) is 37.5 Å². The van der Waals surface area contributed by atoms with Crippen LogP contribution in [0.15, 0.2) is 43.0 Å². The number of carbonyl (C=O) groups excluding carboxylic acids is 3. The van der Waals surface area contributed by atoms with Crippen molar-refractivity contribution in [2.24, 2.45) is 5.41 Å². The van der Waals surface area contributed by atoms with Crippen LogP contribution in [0.1, 0.15) is 32.1 Å². The molecule has 1 fully saturated rings. The summed E-state index contributed by atoms with van der Waals surface area (Å²) in [5, 5.41) is 26.2. The van der Waals surface area contributed by atoms with Gasteiger partial charge in [-0.05, 0) is 23.8 Å². The molecule has 0 bridgehead atoms. The lowest BCUT2D eigenvalue weighted by atomic mass is 9.87. The second kappa shape index (κ2) is 20.9. The van der Waals surface area contributed by atoms with Crippen molar-refractivity contribution < 1.29 is 85.2 Å². The number of nitrogens with two attached hydrogens (primary N) is 1. The van der Waals surface area contributed by atoms with Gasteiger partial charge in [0, 0.05) is 30.7 Å². The molecule has 1 aliphatic rings. The molecule has 1 aromatic carbocycles. The quantitative estimate of drug-likeness (QED) is 0.0374. The minimum atomic E-state index is -5.58. The van der Waals surface area contributed by atoms with Gasteiger partial charge in [0.1, 0.15) is 42.0 Å². The maximum absolute atomic E-state index is 12.7. The number of thioether (sulfide) groups is 1. The van der Waals surface area contributed by atoms with Crippen molar-refractivity contribution in [3.05, 3.63) is 48.6 Å². The zero-order valence-corrected chi connectivity index (χ0v) is 35.4. The van der Waals surface area contributed by atoms with Crippen LogP contribution in [0.2, 0.25) is 0 Å². The van der Waals surface area contributed by atoms with Crippen LogP contribution in [0.5, 0.6) is 5.75 Å². The molecule has 2 aromatic heterocycles. The van der Waals surface area contributed by atoms with E-state index < -0.39 is 84.6 Å². The number of nitrogens with zero attached hydrogens (tertiary/aromatic N) is 4. The van der Waals surface area contributed by atoms with Crippen molar-refractivity contribution in [3.63, 3.8) is 0 Å². The summed E-state index contributed by atoms with van der Waals surface area (Å²) in [4.78, 5) is 87.9. The maximum atomic E-state index is 12.7. The summed E-state index contributed by atoms with van der Waals surface area (Å²) in [6.07, 6.45) is -3.94. The zero-order valence-electron chi connectivity index (χ0n) is 31.9. The van der Waals surface area contributed by atoms with E-state index >= 15 is 0 Å². The van der Waals surface area contributed by atoms with Crippen LogP contribution >= 0.6 is 35.2 Å². The summed E-state index contributed by atoms with van der Waals surface area (Å²) in [5.41, 5.74) is 5.04. The van der Waals surface area contributed by atoms with Gasteiger partial charge >= 0.3 is 23.5 Å². The number of aliphatic hydroxyl groups excluding tert-OH is 2. The highest BCUT2D eigenvalue weighted by Gasteiger charge is 2.50. The van der Waals surface area contributed by atoms with Gasteiger partial charge in [-0.1, -0.05) is 43.8 Å². The third-order valence-electron chi connectivity index (χ3n) is 8.27. The van der Waals surface area contributed by atoms with E-state index in [2.05, 4.69) is 34.4 Å². The van der Waals surface area contributed by atoms with Crippen LogP contribution < -0.4 is 21.1 Å². The van der Waals surface area contributed by atoms with Crippen LogP contribution in [0, 0.1) is 5.41 Å². The van der Waals surface area contributed by atoms with Crippen LogP contribution in [0.25, 0.3) is 17.2 Å². The number of aliphatic hydroxyl groups is 2. The molecule has 1 aliphatic heterocycles. The molecule has 332 valence electrons. The molecule has 4 rings (SSSR count). The number of nitrogens with one attached hydrogen (secondary N) is 2. The number of fused-ring (bicyclic) bond motifs is 1. The standard InChI is InChI=1S/C31H44N7O18P3S/c1-31(2,26(42)29(43)34-11-10-21(39)33-12-13-60-22(40)9-6-18-4-7-19(51-3)8-5-18)15-53-59(49,50)56-58(47,48)52-14-20-25(55-57(44,45)46)24(41)30(54-20)38-17-37-23-27(32)35-16-36-28(23)38/h4-9,16-17,20,24-26,30,41-42H,10-15H2,1-3H3,(H,33,39)(H,34,43)(H,47,48)(H,49,50)(H2,32,35,36)(H2,44,45,46)/t20-,24-,25-,26+,30-/m1/s1. The second-order valence-corrected chi connectivity index (χ2v) is 18.7. The van der Waals surface area contributed by atoms with Gasteiger partial charge in [0.25, 0.3) is 0 Å². The molecular formula is C31H44N7O18P3S. The van der Waals surface area contributed by atoms with Crippen LogP contribution in [-0.4, -0.2) is 130 Å². The summed E-state index contributed by atoms with van der Waals surface area (Å²) in [6, 6.07) is 7.08. The van der Waals surface area contributed by atoms with E-state index in [1.165, 1.54) is 19.9 Å². The van der Waals surface area contributed by atoms with Crippen molar-refractivity contribution in [3.8, 4) is 5.75 Å². The summed E-state index contributed by atoms with van der Waals surface area (Å²) in [6.45, 7) is 0.392. The van der Waals surface area contributed by atoms with Crippen molar-refractivity contribution in [1.82, 2.24) is 30.2 Å². The first-order chi connectivity index (χ1) is 28.0. The number of nitrogen functional groups attached to an aromatic ring is 1. The molecule has 29 heteroatoms. The fourth-order valence-corrected chi connectivity index (χ4v) is 8.61. The summed E-state index contributed by atoms with van der Waals surface area (Å²) in [7, 11) is -14.9. The average molecular weight is 928 g/mol. The number of phosphoric acid groups is 3. The Balaban J connectivity index is 1.20. The maximum Gasteiger partial charge on any atom is 0.481 e. The molecule has 3 heterocycles. The molecule has 0 aliphatic carbocycles. The minimum absolute atomic E-state index is 0.0266. The van der Waals surface area contributed by atoms with E-state index in [0.717, 1.165) is 34.5 Å². The van der Waals surface area contributed by atoms with Gasteiger partial charge in [0.15, 0.2) is 17.7 Å². The predicted octanol–water partition coefficient (Wildman–Crippen LogP) is 0.387. The average Bonchev–Trinajstić information content (AvgIpc) is 3.73. The predicted molar refractivity (Wildman–Crippen MR) is 209 cm³/mol. The van der Waals surface area contributed by atoms with Gasteiger partial charge in [0.2, 0.25) is 16.9 Å². The first kappa shape index (κ1) is 49.0.